The number of carbonyl (C=O) groups is 2. The van der Waals surface area contributed by atoms with Crippen LogP contribution in [0.5, 0.6) is 5.75 Å². The standard InChI is InChI=1S/C33H32ClF3N8O5/c1-16-27(47)26(41-40-16)30(49)43-11-10-32(19-3-5-22(19)43)9-6-23-25(32)29(48)45-31(39-28(42-45)17-7-12-50-13-8-17)44(23)15-24(46)38-21-4-2-18(14-20(21)34)33(35,36)37/h2,4,7,14,19,22,47H,3,5-6,8-13,15H2,1H3,(H,38,46)(H,40,41). The van der Waals surface area contributed by atoms with E-state index in [1.807, 2.05) is 6.08 Å². The number of aromatic amines is 1. The summed E-state index contributed by atoms with van der Waals surface area (Å²) in [5.74, 6) is -0.633. The summed E-state index contributed by atoms with van der Waals surface area (Å²) in [5.41, 5.74) is 0.517. The Hall–Kier alpha value is -4.70. The first kappa shape index (κ1) is 32.5. The van der Waals surface area contributed by atoms with E-state index in [2.05, 4.69) is 20.6 Å². The number of halogens is 4. The largest absolute Gasteiger partial charge is 0.504 e. The summed E-state index contributed by atoms with van der Waals surface area (Å²) < 4.78 is 48.0. The molecule has 3 atom stereocenters. The van der Waals surface area contributed by atoms with Crippen LogP contribution in [-0.2, 0) is 34.1 Å². The average Bonchev–Trinajstić information content (AvgIpc) is 3.77. The van der Waals surface area contributed by atoms with Crippen molar-refractivity contribution >= 4 is 40.5 Å². The minimum absolute atomic E-state index is 0.0113. The number of hydrogen-bond donors (Lipinski definition) is 3. The van der Waals surface area contributed by atoms with Crippen molar-refractivity contribution < 1.29 is 32.6 Å². The van der Waals surface area contributed by atoms with E-state index in [1.165, 1.54) is 4.52 Å². The van der Waals surface area contributed by atoms with Gasteiger partial charge in [-0.1, -0.05) is 17.7 Å². The minimum atomic E-state index is -4.60. The number of aromatic hydroxyl groups is 1. The van der Waals surface area contributed by atoms with Gasteiger partial charge in [-0.25, -0.2) is 0 Å². The normalized spacial score (nSPS) is 23.1. The molecule has 1 saturated carbocycles. The number of amides is 2. The topological polar surface area (TPSA) is 160 Å². The fraction of sp³-hybridized carbons (Fsp3) is 0.455. The van der Waals surface area contributed by atoms with Crippen LogP contribution in [-0.4, -0.2) is 77.0 Å². The highest BCUT2D eigenvalue weighted by molar-refractivity contribution is 6.33. The number of ether oxygens (including phenoxy) is 1. The van der Waals surface area contributed by atoms with Crippen molar-refractivity contribution in [2.24, 2.45) is 5.92 Å². The number of hydrogen-bond acceptors (Lipinski definition) is 8. The highest BCUT2D eigenvalue weighted by Gasteiger charge is 2.59. The smallest absolute Gasteiger partial charge is 0.416 e. The predicted octanol–water partition coefficient (Wildman–Crippen LogP) is 4.25. The van der Waals surface area contributed by atoms with Gasteiger partial charge in [0, 0.05) is 29.3 Å². The molecule has 3 aromatic heterocycles. The molecule has 2 amide bonds. The second kappa shape index (κ2) is 11.7. The fourth-order valence-electron chi connectivity index (χ4n) is 8.25. The first-order valence-corrected chi connectivity index (χ1v) is 16.8. The highest BCUT2D eigenvalue weighted by Crippen LogP contribution is 2.57. The second-order valence-electron chi connectivity index (χ2n) is 13.3. The first-order chi connectivity index (χ1) is 23.9. The Morgan fingerprint density at radius 3 is 2.70 bits per heavy atom. The molecule has 4 aliphatic rings. The van der Waals surface area contributed by atoms with E-state index in [4.69, 9.17) is 21.3 Å². The molecule has 1 aromatic carbocycles. The number of H-pyrrole nitrogens is 1. The summed E-state index contributed by atoms with van der Waals surface area (Å²) in [6.45, 7) is 2.48. The first-order valence-electron chi connectivity index (χ1n) is 16.4. The van der Waals surface area contributed by atoms with E-state index < -0.39 is 23.1 Å². The van der Waals surface area contributed by atoms with Crippen molar-refractivity contribution in [1.82, 2.24) is 34.3 Å². The third kappa shape index (κ3) is 5.01. The van der Waals surface area contributed by atoms with Gasteiger partial charge >= 0.3 is 6.18 Å². The zero-order valence-corrected chi connectivity index (χ0v) is 27.6. The maximum Gasteiger partial charge on any atom is 0.416 e. The number of likely N-dealkylation sites (tertiary alicyclic amines) is 1. The van der Waals surface area contributed by atoms with Gasteiger partial charge in [0.05, 0.1) is 29.5 Å². The van der Waals surface area contributed by atoms with Crippen molar-refractivity contribution in [3.8, 4) is 5.75 Å². The van der Waals surface area contributed by atoms with Crippen LogP contribution in [0.1, 0.15) is 70.9 Å². The lowest BCUT2D eigenvalue weighted by Gasteiger charge is -2.57. The van der Waals surface area contributed by atoms with E-state index in [1.54, 1.807) is 16.4 Å². The number of nitrogens with zero attached hydrogens (tertiary/aromatic N) is 6. The number of carbonyl (C=O) groups excluding carboxylic acids is 2. The number of alkyl halides is 3. The van der Waals surface area contributed by atoms with Crippen LogP contribution in [0.3, 0.4) is 0 Å². The molecule has 1 spiro atoms. The van der Waals surface area contributed by atoms with Gasteiger partial charge in [0.15, 0.2) is 17.3 Å². The molecule has 3 unspecified atom stereocenters. The third-order valence-electron chi connectivity index (χ3n) is 10.8. The summed E-state index contributed by atoms with van der Waals surface area (Å²) >= 11 is 6.14. The summed E-state index contributed by atoms with van der Waals surface area (Å²) in [6.07, 6.45) is 0.875. The molecular weight excluding hydrogens is 681 g/mol. The zero-order chi connectivity index (χ0) is 35.1. The fourth-order valence-corrected chi connectivity index (χ4v) is 8.48. The number of rotatable bonds is 5. The molecule has 1 saturated heterocycles. The van der Waals surface area contributed by atoms with Gasteiger partial charge in [0.2, 0.25) is 11.7 Å². The van der Waals surface area contributed by atoms with Crippen molar-refractivity contribution in [2.45, 2.75) is 69.6 Å². The van der Waals surface area contributed by atoms with Gasteiger partial charge < -0.3 is 24.6 Å². The number of anilines is 1. The molecule has 4 aromatic rings. The van der Waals surface area contributed by atoms with Crippen molar-refractivity contribution in [2.75, 3.05) is 25.1 Å². The van der Waals surface area contributed by atoms with E-state index >= 15 is 0 Å². The molecule has 0 radical (unpaired) electrons. The Labute approximate surface area is 287 Å². The minimum Gasteiger partial charge on any atom is -0.504 e. The lowest BCUT2D eigenvalue weighted by molar-refractivity contribution is -0.137. The van der Waals surface area contributed by atoms with Crippen LogP contribution >= 0.6 is 11.6 Å². The van der Waals surface area contributed by atoms with Gasteiger partial charge in [-0.2, -0.15) is 27.8 Å². The van der Waals surface area contributed by atoms with Crippen LogP contribution in [0, 0.1) is 12.8 Å². The molecule has 50 heavy (non-hydrogen) atoms. The number of aromatic nitrogens is 6. The van der Waals surface area contributed by atoms with Crippen molar-refractivity contribution in [3.05, 3.63) is 73.7 Å². The summed E-state index contributed by atoms with van der Waals surface area (Å²) in [4.78, 5) is 48.1. The second-order valence-corrected chi connectivity index (χ2v) is 13.8. The van der Waals surface area contributed by atoms with E-state index in [-0.39, 0.29) is 57.9 Å². The Morgan fingerprint density at radius 1 is 1.22 bits per heavy atom. The molecule has 2 fully saturated rings. The molecule has 0 bridgehead atoms. The number of benzene rings is 1. The summed E-state index contributed by atoms with van der Waals surface area (Å²) in [5, 5.41) is 24.0. The molecular formula is C33H32ClF3N8O5. The van der Waals surface area contributed by atoms with E-state index in [0.717, 1.165) is 36.6 Å². The van der Waals surface area contributed by atoms with Gasteiger partial charge in [0.1, 0.15) is 12.2 Å². The lowest BCUT2D eigenvalue weighted by atomic mass is 9.56. The SMILES string of the molecule is Cc1n[nH]c(C(=O)N2CCC3(CCc4c3c(=O)n3nc(C5=CCOCC5)nc3n4CC(=O)Nc3ccc(C(F)(F)F)cc3Cl)C3CCC32)c1O. The number of fused-ring (bicyclic) bond motifs is 5. The Bertz CT molecular complexity index is 2170. The van der Waals surface area contributed by atoms with Gasteiger partial charge in [-0.3, -0.25) is 19.5 Å². The summed E-state index contributed by atoms with van der Waals surface area (Å²) in [7, 11) is 0. The number of nitrogens with one attached hydrogen (secondary N) is 2. The van der Waals surface area contributed by atoms with E-state index in [9.17, 15) is 32.7 Å². The zero-order valence-electron chi connectivity index (χ0n) is 26.8. The molecule has 13 nitrogen and oxygen atoms in total. The Morgan fingerprint density at radius 2 is 2.04 bits per heavy atom. The van der Waals surface area contributed by atoms with Crippen LogP contribution in [0.2, 0.25) is 5.02 Å². The third-order valence-corrected chi connectivity index (χ3v) is 11.1. The quantitative estimate of drug-likeness (QED) is 0.277. The number of piperidine rings is 1. The molecule has 2 aliphatic heterocycles. The molecule has 3 N–H and O–H groups in total. The lowest BCUT2D eigenvalue weighted by Crippen LogP contribution is -2.63. The molecule has 8 rings (SSSR count). The van der Waals surface area contributed by atoms with Crippen LogP contribution in [0.25, 0.3) is 11.4 Å². The van der Waals surface area contributed by atoms with Gasteiger partial charge in [0.25, 0.3) is 11.5 Å². The van der Waals surface area contributed by atoms with Crippen LogP contribution < -0.4 is 10.9 Å². The van der Waals surface area contributed by atoms with Crippen molar-refractivity contribution in [1.29, 1.82) is 0 Å². The Balaban J connectivity index is 1.18. The van der Waals surface area contributed by atoms with Gasteiger partial charge in [-0.15, -0.1) is 5.10 Å². The number of aryl methyl sites for hydroxylation is 1. The molecule has 2 aliphatic carbocycles. The molecule has 5 heterocycles. The van der Waals surface area contributed by atoms with Crippen LogP contribution in [0.15, 0.2) is 29.1 Å². The summed E-state index contributed by atoms with van der Waals surface area (Å²) in [6, 6.07) is 2.53. The average molecular weight is 713 g/mol. The molecule has 17 heteroatoms. The Kier molecular flexibility index (Phi) is 7.60. The van der Waals surface area contributed by atoms with Gasteiger partial charge in [-0.05, 0) is 75.1 Å². The highest BCUT2D eigenvalue weighted by atomic mass is 35.5. The maximum absolute atomic E-state index is 14.5. The van der Waals surface area contributed by atoms with E-state index in [0.29, 0.717) is 68.2 Å². The van der Waals surface area contributed by atoms with Crippen LogP contribution in [0.4, 0.5) is 18.9 Å². The van der Waals surface area contributed by atoms with Crippen molar-refractivity contribution in [3.63, 3.8) is 0 Å². The molecule has 262 valence electrons. The monoisotopic (exact) mass is 712 g/mol. The predicted molar refractivity (Wildman–Crippen MR) is 173 cm³/mol. The maximum atomic E-state index is 14.5.